The van der Waals surface area contributed by atoms with Crippen molar-refractivity contribution in [2.75, 3.05) is 0 Å². The molecule has 0 aromatic carbocycles. The summed E-state index contributed by atoms with van der Waals surface area (Å²) in [5, 5.41) is 0. The van der Waals surface area contributed by atoms with Gasteiger partial charge in [0.05, 0.1) is 0 Å². The van der Waals surface area contributed by atoms with Crippen molar-refractivity contribution in [3.05, 3.63) is 17.7 Å². The van der Waals surface area contributed by atoms with E-state index in [1.54, 1.807) is 6.92 Å². The third-order valence-electron chi connectivity index (χ3n) is 3.27. The van der Waals surface area contributed by atoms with E-state index >= 15 is 0 Å². The fourth-order valence-corrected chi connectivity index (χ4v) is 2.33. The first kappa shape index (κ1) is 10.4. The molecule has 3 heteroatoms. The number of hydrogen-bond acceptors (Lipinski definition) is 2. The van der Waals surface area contributed by atoms with Crippen LogP contribution < -0.4 is 0 Å². The van der Waals surface area contributed by atoms with Gasteiger partial charge in [-0.3, -0.25) is 4.79 Å². The van der Waals surface area contributed by atoms with Gasteiger partial charge >= 0.3 is 0 Å². The average Bonchev–Trinajstić information content (AvgIpc) is 2.77. The van der Waals surface area contributed by atoms with Gasteiger partial charge in [-0.2, -0.15) is 0 Å². The van der Waals surface area contributed by atoms with Gasteiger partial charge in [-0.05, 0) is 25.7 Å². The van der Waals surface area contributed by atoms with Crippen LogP contribution in [0.15, 0.2) is 6.20 Å². The van der Waals surface area contributed by atoms with E-state index in [-0.39, 0.29) is 5.78 Å². The molecule has 0 bridgehead atoms. The third kappa shape index (κ3) is 2.28. The van der Waals surface area contributed by atoms with Crippen LogP contribution in [0.1, 0.15) is 48.9 Å². The minimum atomic E-state index is 0.0586. The van der Waals surface area contributed by atoms with Crippen molar-refractivity contribution in [1.29, 1.82) is 0 Å². The molecule has 0 aliphatic heterocycles. The predicted octanol–water partition coefficient (Wildman–Crippen LogP) is 2.58. The summed E-state index contributed by atoms with van der Waals surface area (Å²) in [5.41, 5.74) is 0.602. The summed E-state index contributed by atoms with van der Waals surface area (Å²) >= 11 is 0. The number of rotatable bonds is 3. The van der Waals surface area contributed by atoms with Crippen molar-refractivity contribution in [3.63, 3.8) is 0 Å². The van der Waals surface area contributed by atoms with E-state index in [9.17, 15) is 4.79 Å². The fourth-order valence-electron chi connectivity index (χ4n) is 2.33. The maximum Gasteiger partial charge on any atom is 0.179 e. The Morgan fingerprint density at radius 2 is 2.20 bits per heavy atom. The van der Waals surface area contributed by atoms with E-state index < -0.39 is 0 Å². The zero-order chi connectivity index (χ0) is 10.8. The number of aromatic nitrogens is 2. The Balaban J connectivity index is 2.10. The van der Waals surface area contributed by atoms with Crippen molar-refractivity contribution in [2.24, 2.45) is 5.92 Å². The normalized spacial score (nSPS) is 17.2. The van der Waals surface area contributed by atoms with Crippen LogP contribution in [-0.4, -0.2) is 15.3 Å². The Labute approximate surface area is 90.5 Å². The Hall–Kier alpha value is -1.12. The maximum absolute atomic E-state index is 11.2. The monoisotopic (exact) mass is 206 g/mol. The zero-order valence-electron chi connectivity index (χ0n) is 9.49. The summed E-state index contributed by atoms with van der Waals surface area (Å²) in [6.07, 6.45) is 7.27. The lowest BCUT2D eigenvalue weighted by molar-refractivity contribution is 0.101. The molecule has 0 N–H and O–H groups in total. The second-order valence-electron chi connectivity index (χ2n) is 4.53. The molecule has 1 aromatic rings. The van der Waals surface area contributed by atoms with Crippen LogP contribution in [0.3, 0.4) is 0 Å². The molecule has 1 aliphatic rings. The van der Waals surface area contributed by atoms with Crippen LogP contribution in [0.5, 0.6) is 0 Å². The molecule has 1 aliphatic carbocycles. The van der Waals surface area contributed by atoms with Crippen LogP contribution in [0.4, 0.5) is 0 Å². The number of aryl methyl sites for hydroxylation is 1. The standard InChI is InChI=1S/C12H18N2O/c1-9(15)12-8-14(10(2)13-12)7-11-5-3-4-6-11/h8,11H,3-7H2,1-2H3. The van der Waals surface area contributed by atoms with Gasteiger partial charge in [0.25, 0.3) is 0 Å². The molecule has 1 heterocycles. The molecule has 1 aromatic heterocycles. The summed E-state index contributed by atoms with van der Waals surface area (Å²) in [6.45, 7) is 4.58. The molecule has 0 atom stereocenters. The van der Waals surface area contributed by atoms with E-state index in [1.807, 2.05) is 13.1 Å². The van der Waals surface area contributed by atoms with Gasteiger partial charge in [-0.25, -0.2) is 4.98 Å². The lowest BCUT2D eigenvalue weighted by Gasteiger charge is -2.10. The topological polar surface area (TPSA) is 34.9 Å². The SMILES string of the molecule is CC(=O)c1cn(CC2CCCC2)c(C)n1. The highest BCUT2D eigenvalue weighted by Gasteiger charge is 2.17. The number of carbonyl (C=O) groups excluding carboxylic acids is 1. The summed E-state index contributed by atoms with van der Waals surface area (Å²) in [4.78, 5) is 15.4. The highest BCUT2D eigenvalue weighted by molar-refractivity contribution is 5.91. The Morgan fingerprint density at radius 1 is 1.53 bits per heavy atom. The lowest BCUT2D eigenvalue weighted by Crippen LogP contribution is -2.07. The fraction of sp³-hybridized carbons (Fsp3) is 0.667. The first-order valence-electron chi connectivity index (χ1n) is 5.71. The highest BCUT2D eigenvalue weighted by Crippen LogP contribution is 2.26. The quantitative estimate of drug-likeness (QED) is 0.712. The summed E-state index contributed by atoms with van der Waals surface area (Å²) in [6, 6.07) is 0. The van der Waals surface area contributed by atoms with Crippen molar-refractivity contribution < 1.29 is 4.79 Å². The van der Waals surface area contributed by atoms with Crippen LogP contribution >= 0.6 is 0 Å². The molecule has 0 radical (unpaired) electrons. The minimum absolute atomic E-state index is 0.0586. The van der Waals surface area contributed by atoms with Crippen LogP contribution in [-0.2, 0) is 6.54 Å². The predicted molar refractivity (Wildman–Crippen MR) is 58.9 cm³/mol. The third-order valence-corrected chi connectivity index (χ3v) is 3.27. The van der Waals surface area contributed by atoms with Crippen molar-refractivity contribution >= 4 is 5.78 Å². The molecule has 1 fully saturated rings. The number of Topliss-reactive ketones (excluding diaryl/α,β-unsaturated/α-hetero) is 1. The number of carbonyl (C=O) groups is 1. The molecule has 0 spiro atoms. The van der Waals surface area contributed by atoms with E-state index in [4.69, 9.17) is 0 Å². The largest absolute Gasteiger partial charge is 0.334 e. The van der Waals surface area contributed by atoms with Gasteiger partial charge in [-0.1, -0.05) is 12.8 Å². The minimum Gasteiger partial charge on any atom is -0.334 e. The number of hydrogen-bond donors (Lipinski definition) is 0. The summed E-state index contributed by atoms with van der Waals surface area (Å²) < 4.78 is 2.13. The number of imidazole rings is 1. The van der Waals surface area contributed by atoms with Crippen molar-refractivity contribution in [2.45, 2.75) is 46.1 Å². The van der Waals surface area contributed by atoms with E-state index in [0.717, 1.165) is 18.3 Å². The smallest absolute Gasteiger partial charge is 0.179 e. The second kappa shape index (κ2) is 4.17. The van der Waals surface area contributed by atoms with Gasteiger partial charge in [0.2, 0.25) is 0 Å². The first-order valence-corrected chi connectivity index (χ1v) is 5.71. The molecule has 0 saturated heterocycles. The molecule has 0 unspecified atom stereocenters. The zero-order valence-corrected chi connectivity index (χ0v) is 9.49. The van der Waals surface area contributed by atoms with Crippen molar-refractivity contribution in [3.8, 4) is 0 Å². The van der Waals surface area contributed by atoms with E-state index in [0.29, 0.717) is 5.69 Å². The Morgan fingerprint density at radius 3 is 2.73 bits per heavy atom. The first-order chi connectivity index (χ1) is 7.16. The van der Waals surface area contributed by atoms with Crippen LogP contribution in [0, 0.1) is 12.8 Å². The molecule has 15 heavy (non-hydrogen) atoms. The molecule has 3 nitrogen and oxygen atoms in total. The molecule has 1 saturated carbocycles. The molecular formula is C12H18N2O. The van der Waals surface area contributed by atoms with Crippen LogP contribution in [0.25, 0.3) is 0 Å². The molecule has 2 rings (SSSR count). The Bertz CT molecular complexity index is 362. The van der Waals surface area contributed by atoms with Gasteiger partial charge < -0.3 is 4.57 Å². The van der Waals surface area contributed by atoms with Crippen molar-refractivity contribution in [1.82, 2.24) is 9.55 Å². The summed E-state index contributed by atoms with van der Waals surface area (Å²) in [7, 11) is 0. The molecule has 82 valence electrons. The van der Waals surface area contributed by atoms with Crippen LogP contribution in [0.2, 0.25) is 0 Å². The van der Waals surface area contributed by atoms with Gasteiger partial charge in [-0.15, -0.1) is 0 Å². The van der Waals surface area contributed by atoms with Gasteiger partial charge in [0.1, 0.15) is 11.5 Å². The lowest BCUT2D eigenvalue weighted by atomic mass is 10.1. The number of ketones is 1. The highest BCUT2D eigenvalue weighted by atomic mass is 16.1. The van der Waals surface area contributed by atoms with E-state index in [2.05, 4.69) is 9.55 Å². The van der Waals surface area contributed by atoms with Gasteiger partial charge in [0, 0.05) is 19.7 Å². The number of nitrogens with zero attached hydrogens (tertiary/aromatic N) is 2. The average molecular weight is 206 g/mol. The summed E-state index contributed by atoms with van der Waals surface area (Å²) in [5.74, 6) is 1.81. The van der Waals surface area contributed by atoms with Gasteiger partial charge in [0.15, 0.2) is 5.78 Å². The maximum atomic E-state index is 11.2. The molecular weight excluding hydrogens is 188 g/mol. The molecule has 0 amide bonds. The Kier molecular flexibility index (Phi) is 2.89. The second-order valence-corrected chi connectivity index (χ2v) is 4.53. The van der Waals surface area contributed by atoms with E-state index in [1.165, 1.54) is 25.7 Å².